The summed E-state index contributed by atoms with van der Waals surface area (Å²) in [5.41, 5.74) is 5.41. The molecule has 4 aromatic rings. The first-order valence-electron chi connectivity index (χ1n) is 12.5. The van der Waals surface area contributed by atoms with Crippen LogP contribution in [-0.4, -0.2) is 36.1 Å². The third kappa shape index (κ3) is 3.08. The summed E-state index contributed by atoms with van der Waals surface area (Å²) in [6.45, 7) is 0. The van der Waals surface area contributed by atoms with E-state index in [9.17, 15) is 14.4 Å². The van der Waals surface area contributed by atoms with Gasteiger partial charge < -0.3 is 9.15 Å². The van der Waals surface area contributed by atoms with Gasteiger partial charge in [-0.15, -0.1) is 0 Å². The van der Waals surface area contributed by atoms with Gasteiger partial charge in [-0.3, -0.25) is 9.59 Å². The van der Waals surface area contributed by atoms with Crippen molar-refractivity contribution in [2.24, 2.45) is 16.9 Å². The van der Waals surface area contributed by atoms with E-state index in [0.717, 1.165) is 27.3 Å². The van der Waals surface area contributed by atoms with Gasteiger partial charge in [-0.05, 0) is 40.5 Å². The maximum absolute atomic E-state index is 13.7. The van der Waals surface area contributed by atoms with Crippen molar-refractivity contribution >= 4 is 24.0 Å². The summed E-state index contributed by atoms with van der Waals surface area (Å²) in [6, 6.07) is 26.6. The van der Waals surface area contributed by atoms with Gasteiger partial charge >= 0.3 is 5.97 Å². The molecule has 2 atom stereocenters. The first-order chi connectivity index (χ1) is 18.6. The van der Waals surface area contributed by atoms with E-state index in [4.69, 9.17) is 9.15 Å². The molecular weight excluding hydrogens is 480 g/mol. The van der Waals surface area contributed by atoms with Crippen molar-refractivity contribution in [2.45, 2.75) is 11.8 Å². The molecule has 2 unspecified atom stereocenters. The van der Waals surface area contributed by atoms with Crippen LogP contribution in [0.25, 0.3) is 11.3 Å². The van der Waals surface area contributed by atoms with Gasteiger partial charge in [0.1, 0.15) is 11.5 Å². The van der Waals surface area contributed by atoms with E-state index in [-0.39, 0.29) is 23.7 Å². The van der Waals surface area contributed by atoms with E-state index in [2.05, 4.69) is 29.4 Å². The zero-order chi connectivity index (χ0) is 26.0. The van der Waals surface area contributed by atoms with Gasteiger partial charge in [0.25, 0.3) is 11.8 Å². The van der Waals surface area contributed by atoms with E-state index < -0.39 is 17.8 Å². The van der Waals surface area contributed by atoms with Gasteiger partial charge in [-0.25, -0.2) is 4.79 Å². The molecule has 8 rings (SSSR count). The van der Waals surface area contributed by atoms with E-state index >= 15 is 0 Å². The van der Waals surface area contributed by atoms with Crippen molar-refractivity contribution < 1.29 is 23.5 Å². The summed E-state index contributed by atoms with van der Waals surface area (Å²) in [5.74, 6) is -1.61. The number of rotatable bonds is 4. The lowest BCUT2D eigenvalue weighted by Crippen LogP contribution is -2.41. The predicted octanol–water partition coefficient (Wildman–Crippen LogP) is 4.96. The molecule has 1 aromatic heterocycles. The second-order valence-electron chi connectivity index (χ2n) is 9.74. The minimum absolute atomic E-state index is 0.181. The molecule has 1 aliphatic heterocycles. The summed E-state index contributed by atoms with van der Waals surface area (Å²) < 4.78 is 10.8. The molecule has 7 heteroatoms. The Morgan fingerprint density at radius 3 is 1.87 bits per heavy atom. The molecule has 2 heterocycles. The quantitative estimate of drug-likeness (QED) is 0.224. The van der Waals surface area contributed by atoms with Crippen LogP contribution in [-0.2, 0) is 14.3 Å². The lowest BCUT2D eigenvalue weighted by Gasteiger charge is -2.45. The molecule has 0 N–H and O–H groups in total. The highest BCUT2D eigenvalue weighted by Gasteiger charge is 2.61. The molecule has 0 spiro atoms. The Morgan fingerprint density at radius 1 is 0.789 bits per heavy atom. The van der Waals surface area contributed by atoms with Crippen molar-refractivity contribution in [3.8, 4) is 11.3 Å². The maximum atomic E-state index is 13.7. The van der Waals surface area contributed by atoms with Crippen molar-refractivity contribution in [3.05, 3.63) is 119 Å². The minimum Gasteiger partial charge on any atom is -0.465 e. The highest BCUT2D eigenvalue weighted by molar-refractivity contribution is 6.08. The molecule has 186 valence electrons. The SMILES string of the molecule is COC(=O)c1ccccc1-c1ccc(C=NN2C(=O)C3C4c5ccccc5C(c5ccccc54)C3C2=O)o1. The summed E-state index contributed by atoms with van der Waals surface area (Å²) >= 11 is 0. The van der Waals surface area contributed by atoms with Crippen molar-refractivity contribution in [3.63, 3.8) is 0 Å². The fourth-order valence-corrected chi connectivity index (χ4v) is 6.44. The minimum atomic E-state index is -0.492. The predicted molar refractivity (Wildman–Crippen MR) is 138 cm³/mol. The Kier molecular flexibility index (Phi) is 4.94. The standard InChI is InChI=1S/C31H22N2O5/c1-37-31(36)23-13-7-2-8-18(23)24-15-14-17(38-24)16-32-33-29(34)27-25-19-9-3-4-10-20(19)26(28(27)30(33)35)22-12-6-5-11-21(22)25/h2-16,25-28H,1H3. The highest BCUT2D eigenvalue weighted by atomic mass is 16.5. The molecule has 1 fully saturated rings. The molecule has 3 aromatic carbocycles. The highest BCUT2D eigenvalue weighted by Crippen LogP contribution is 2.60. The second kappa shape index (κ2) is 8.38. The zero-order valence-electron chi connectivity index (χ0n) is 20.4. The Hall–Kier alpha value is -4.78. The number of esters is 1. The third-order valence-corrected chi connectivity index (χ3v) is 7.95. The van der Waals surface area contributed by atoms with Crippen LogP contribution < -0.4 is 0 Å². The van der Waals surface area contributed by atoms with Gasteiger partial charge in [0.15, 0.2) is 0 Å². The number of hydrazone groups is 1. The summed E-state index contributed by atoms with van der Waals surface area (Å²) in [5, 5.41) is 5.32. The van der Waals surface area contributed by atoms with Crippen LogP contribution in [0.2, 0.25) is 0 Å². The molecule has 7 nitrogen and oxygen atoms in total. The van der Waals surface area contributed by atoms with Gasteiger partial charge in [0.05, 0.1) is 30.7 Å². The lowest BCUT2D eigenvalue weighted by molar-refractivity contribution is -0.139. The molecule has 2 bridgehead atoms. The van der Waals surface area contributed by atoms with Crippen LogP contribution in [0.3, 0.4) is 0 Å². The van der Waals surface area contributed by atoms with E-state index in [1.54, 1.807) is 36.4 Å². The van der Waals surface area contributed by atoms with Crippen LogP contribution in [0.15, 0.2) is 94.4 Å². The average Bonchev–Trinajstić information content (AvgIpc) is 3.54. The first-order valence-corrected chi connectivity index (χ1v) is 12.5. The third-order valence-electron chi connectivity index (χ3n) is 7.95. The van der Waals surface area contributed by atoms with Crippen LogP contribution in [0, 0.1) is 11.8 Å². The van der Waals surface area contributed by atoms with Gasteiger partial charge in [-0.2, -0.15) is 10.1 Å². The number of methoxy groups -OCH3 is 1. The number of amides is 2. The Balaban J connectivity index is 1.22. The number of hydrogen-bond donors (Lipinski definition) is 0. The number of carbonyl (C=O) groups excluding carboxylic acids is 3. The van der Waals surface area contributed by atoms with Crippen LogP contribution in [0.4, 0.5) is 0 Å². The fraction of sp³-hybridized carbons (Fsp3) is 0.161. The van der Waals surface area contributed by atoms with Crippen molar-refractivity contribution in [2.75, 3.05) is 7.11 Å². The largest absolute Gasteiger partial charge is 0.465 e. The molecule has 2 amide bonds. The molecular formula is C31H22N2O5. The summed E-state index contributed by atoms with van der Waals surface area (Å²) in [6.07, 6.45) is 1.37. The van der Waals surface area contributed by atoms with Crippen LogP contribution in [0.5, 0.6) is 0 Å². The molecule has 1 saturated heterocycles. The Bertz CT molecular complexity index is 1550. The number of nitrogens with zero attached hydrogens (tertiary/aromatic N) is 2. The lowest BCUT2D eigenvalue weighted by atomic mass is 9.55. The summed E-state index contributed by atoms with van der Waals surface area (Å²) in [4.78, 5) is 39.5. The van der Waals surface area contributed by atoms with E-state index in [1.165, 1.54) is 13.3 Å². The monoisotopic (exact) mass is 502 g/mol. The zero-order valence-corrected chi connectivity index (χ0v) is 20.4. The molecule has 3 aliphatic carbocycles. The Morgan fingerprint density at radius 2 is 1.32 bits per heavy atom. The molecule has 38 heavy (non-hydrogen) atoms. The average molecular weight is 503 g/mol. The topological polar surface area (TPSA) is 89.2 Å². The molecule has 4 aliphatic rings. The summed E-state index contributed by atoms with van der Waals surface area (Å²) in [7, 11) is 1.32. The number of furan rings is 1. The number of ether oxygens (including phenoxy) is 1. The van der Waals surface area contributed by atoms with Gasteiger partial charge in [-0.1, -0.05) is 66.7 Å². The number of benzene rings is 3. The van der Waals surface area contributed by atoms with Gasteiger partial charge in [0.2, 0.25) is 0 Å². The maximum Gasteiger partial charge on any atom is 0.338 e. The van der Waals surface area contributed by atoms with E-state index in [1.807, 2.05) is 24.3 Å². The number of imide groups is 1. The number of carbonyl (C=O) groups is 3. The smallest absolute Gasteiger partial charge is 0.338 e. The van der Waals surface area contributed by atoms with Gasteiger partial charge in [0, 0.05) is 17.4 Å². The second-order valence-corrected chi connectivity index (χ2v) is 9.74. The first kappa shape index (κ1) is 22.4. The molecule has 0 radical (unpaired) electrons. The van der Waals surface area contributed by atoms with Crippen LogP contribution in [0.1, 0.15) is 50.2 Å². The normalized spacial score (nSPS) is 22.9. The van der Waals surface area contributed by atoms with Crippen LogP contribution >= 0.6 is 0 Å². The number of hydrogen-bond acceptors (Lipinski definition) is 6. The fourth-order valence-electron chi connectivity index (χ4n) is 6.44. The van der Waals surface area contributed by atoms with E-state index in [0.29, 0.717) is 22.6 Å². The molecule has 0 saturated carbocycles. The Labute approximate surface area is 218 Å². The van der Waals surface area contributed by atoms with Crippen molar-refractivity contribution in [1.29, 1.82) is 0 Å². The van der Waals surface area contributed by atoms with Crippen molar-refractivity contribution in [1.82, 2.24) is 5.01 Å².